The summed E-state index contributed by atoms with van der Waals surface area (Å²) in [4.78, 5) is 0. The van der Waals surface area contributed by atoms with Crippen molar-refractivity contribution < 1.29 is 13.5 Å². The Morgan fingerprint density at radius 3 is 2.73 bits per heavy atom. The molecule has 0 aromatic heterocycles. The van der Waals surface area contributed by atoms with Gasteiger partial charge in [0.2, 0.25) is 0 Å². The van der Waals surface area contributed by atoms with E-state index in [2.05, 4.69) is 0 Å². The third kappa shape index (κ3) is 2.58. The number of hydrogen-bond donors (Lipinski definition) is 1. The summed E-state index contributed by atoms with van der Waals surface area (Å²) in [5.74, 6) is 0.805. The van der Waals surface area contributed by atoms with Crippen LogP contribution in [-0.2, 0) is 0 Å². The van der Waals surface area contributed by atoms with Gasteiger partial charge >= 0.3 is 0 Å². The molecule has 1 aromatic carbocycles. The molecule has 1 aromatic rings. The fraction of sp³-hybridized carbons (Fsp3) is 0.455. The summed E-state index contributed by atoms with van der Waals surface area (Å²) in [6.45, 7) is 0.531. The Kier molecular flexibility index (Phi) is 2.75. The van der Waals surface area contributed by atoms with E-state index in [-0.39, 0.29) is 11.3 Å². The van der Waals surface area contributed by atoms with Gasteiger partial charge in [-0.1, -0.05) is 0 Å². The van der Waals surface area contributed by atoms with Gasteiger partial charge in [0.05, 0.1) is 12.2 Å². The van der Waals surface area contributed by atoms with Crippen molar-refractivity contribution in [2.24, 2.45) is 5.92 Å². The number of alkyl halides is 2. The second kappa shape index (κ2) is 4.04. The Bertz CT molecular complexity index is 350. The van der Waals surface area contributed by atoms with Gasteiger partial charge < -0.3 is 10.5 Å². The quantitative estimate of drug-likeness (QED) is 0.780. The van der Waals surface area contributed by atoms with E-state index < -0.39 is 6.43 Å². The fourth-order valence-corrected chi connectivity index (χ4v) is 1.36. The van der Waals surface area contributed by atoms with Crippen molar-refractivity contribution >= 4 is 5.69 Å². The zero-order valence-electron chi connectivity index (χ0n) is 8.25. The first-order valence-corrected chi connectivity index (χ1v) is 4.97. The van der Waals surface area contributed by atoms with Crippen LogP contribution in [0.15, 0.2) is 18.2 Å². The van der Waals surface area contributed by atoms with Crippen molar-refractivity contribution in [2.45, 2.75) is 19.3 Å². The molecule has 2 rings (SSSR count). The Labute approximate surface area is 87.0 Å². The van der Waals surface area contributed by atoms with Gasteiger partial charge in [0.15, 0.2) is 0 Å². The largest absolute Gasteiger partial charge is 0.493 e. The van der Waals surface area contributed by atoms with Crippen LogP contribution in [0.25, 0.3) is 0 Å². The SMILES string of the molecule is Nc1ccc(OCC2CC2)c(C(F)F)c1. The molecule has 0 heterocycles. The Hall–Kier alpha value is -1.32. The van der Waals surface area contributed by atoms with E-state index in [1.54, 1.807) is 6.07 Å². The molecule has 15 heavy (non-hydrogen) atoms. The van der Waals surface area contributed by atoms with Crippen molar-refractivity contribution in [1.29, 1.82) is 0 Å². The van der Waals surface area contributed by atoms with Crippen LogP contribution in [0.2, 0.25) is 0 Å². The van der Waals surface area contributed by atoms with E-state index in [0.717, 1.165) is 12.8 Å². The number of anilines is 1. The highest BCUT2D eigenvalue weighted by atomic mass is 19.3. The van der Waals surface area contributed by atoms with E-state index >= 15 is 0 Å². The summed E-state index contributed by atoms with van der Waals surface area (Å²) >= 11 is 0. The number of halogens is 2. The van der Waals surface area contributed by atoms with Crippen LogP contribution >= 0.6 is 0 Å². The van der Waals surface area contributed by atoms with Crippen molar-refractivity contribution in [2.75, 3.05) is 12.3 Å². The minimum atomic E-state index is -2.54. The molecule has 1 aliphatic carbocycles. The molecule has 1 aliphatic rings. The Morgan fingerprint density at radius 1 is 1.40 bits per heavy atom. The maximum atomic E-state index is 12.6. The molecule has 2 nitrogen and oxygen atoms in total. The highest BCUT2D eigenvalue weighted by molar-refractivity contribution is 5.48. The molecular formula is C11H13F2NO. The first-order chi connectivity index (χ1) is 7.16. The second-order valence-electron chi connectivity index (χ2n) is 3.85. The van der Waals surface area contributed by atoms with Gasteiger partial charge in [0, 0.05) is 5.69 Å². The van der Waals surface area contributed by atoms with E-state index in [4.69, 9.17) is 10.5 Å². The van der Waals surface area contributed by atoms with Crippen LogP contribution in [0.5, 0.6) is 5.75 Å². The zero-order chi connectivity index (χ0) is 10.8. The lowest BCUT2D eigenvalue weighted by Crippen LogP contribution is -2.02. The van der Waals surface area contributed by atoms with Crippen molar-refractivity contribution in [3.63, 3.8) is 0 Å². The highest BCUT2D eigenvalue weighted by Gasteiger charge is 2.23. The first kappa shape index (κ1) is 10.2. The van der Waals surface area contributed by atoms with Gasteiger partial charge in [0.25, 0.3) is 6.43 Å². The van der Waals surface area contributed by atoms with Gasteiger partial charge in [-0.05, 0) is 37.0 Å². The molecule has 0 saturated heterocycles. The summed E-state index contributed by atoms with van der Waals surface area (Å²) < 4.78 is 30.6. The Balaban J connectivity index is 2.12. The number of nitrogen functional groups attached to an aromatic ring is 1. The molecule has 0 radical (unpaired) electrons. The van der Waals surface area contributed by atoms with Crippen molar-refractivity contribution in [1.82, 2.24) is 0 Å². The molecule has 82 valence electrons. The number of rotatable bonds is 4. The average Bonchev–Trinajstić information content (AvgIpc) is 2.99. The topological polar surface area (TPSA) is 35.2 Å². The third-order valence-corrected chi connectivity index (χ3v) is 2.44. The Morgan fingerprint density at radius 2 is 2.13 bits per heavy atom. The molecule has 1 fully saturated rings. The molecular weight excluding hydrogens is 200 g/mol. The standard InChI is InChI=1S/C11H13F2NO/c12-11(13)9-5-8(14)3-4-10(9)15-6-7-1-2-7/h3-5,7,11H,1-2,6,14H2. The summed E-state index contributed by atoms with van der Waals surface area (Å²) in [5.41, 5.74) is 5.67. The monoisotopic (exact) mass is 213 g/mol. The minimum Gasteiger partial charge on any atom is -0.493 e. The minimum absolute atomic E-state index is 0.115. The van der Waals surface area contributed by atoms with Crippen LogP contribution in [0, 0.1) is 5.92 Å². The number of hydrogen-bond acceptors (Lipinski definition) is 2. The van der Waals surface area contributed by atoms with Gasteiger partial charge in [-0.25, -0.2) is 8.78 Å². The molecule has 0 bridgehead atoms. The summed E-state index contributed by atoms with van der Waals surface area (Å²) in [6.07, 6.45) is -0.263. The average molecular weight is 213 g/mol. The predicted molar refractivity (Wildman–Crippen MR) is 54.0 cm³/mol. The van der Waals surface area contributed by atoms with E-state index in [9.17, 15) is 8.78 Å². The molecule has 0 aliphatic heterocycles. The summed E-state index contributed by atoms with van der Waals surface area (Å²) in [7, 11) is 0. The normalized spacial score (nSPS) is 15.7. The molecule has 0 atom stereocenters. The summed E-state index contributed by atoms with van der Waals surface area (Å²) in [6, 6.07) is 4.36. The molecule has 4 heteroatoms. The lowest BCUT2D eigenvalue weighted by atomic mass is 10.2. The molecule has 1 saturated carbocycles. The molecule has 0 unspecified atom stereocenters. The van der Waals surface area contributed by atoms with Crippen molar-refractivity contribution in [3.8, 4) is 5.75 Å². The second-order valence-corrected chi connectivity index (χ2v) is 3.85. The molecule has 0 amide bonds. The maximum Gasteiger partial charge on any atom is 0.267 e. The molecule has 0 spiro atoms. The lowest BCUT2D eigenvalue weighted by Gasteiger charge is -2.11. The number of ether oxygens (including phenoxy) is 1. The van der Waals surface area contributed by atoms with Crippen molar-refractivity contribution in [3.05, 3.63) is 23.8 Å². The number of benzene rings is 1. The van der Waals surface area contributed by atoms with Gasteiger partial charge in [-0.3, -0.25) is 0 Å². The zero-order valence-corrected chi connectivity index (χ0v) is 8.25. The number of nitrogens with two attached hydrogens (primary N) is 1. The predicted octanol–water partition coefficient (Wildman–Crippen LogP) is 3.00. The van der Waals surface area contributed by atoms with E-state index in [1.807, 2.05) is 0 Å². The smallest absolute Gasteiger partial charge is 0.267 e. The summed E-state index contributed by atoms with van der Waals surface area (Å²) in [5, 5.41) is 0. The van der Waals surface area contributed by atoms with Crippen LogP contribution in [0.1, 0.15) is 24.8 Å². The van der Waals surface area contributed by atoms with E-state index in [0.29, 0.717) is 18.2 Å². The van der Waals surface area contributed by atoms with Gasteiger partial charge in [-0.2, -0.15) is 0 Å². The lowest BCUT2D eigenvalue weighted by molar-refractivity contribution is 0.144. The molecule has 2 N–H and O–H groups in total. The van der Waals surface area contributed by atoms with Gasteiger partial charge in [0.1, 0.15) is 5.75 Å². The highest BCUT2D eigenvalue weighted by Crippen LogP contribution is 2.34. The van der Waals surface area contributed by atoms with Crippen LogP contribution in [-0.4, -0.2) is 6.61 Å². The third-order valence-electron chi connectivity index (χ3n) is 2.44. The van der Waals surface area contributed by atoms with Crippen LogP contribution in [0.4, 0.5) is 14.5 Å². The van der Waals surface area contributed by atoms with Gasteiger partial charge in [-0.15, -0.1) is 0 Å². The van der Waals surface area contributed by atoms with Crippen LogP contribution in [0.3, 0.4) is 0 Å². The maximum absolute atomic E-state index is 12.6. The fourth-order valence-electron chi connectivity index (χ4n) is 1.36. The van der Waals surface area contributed by atoms with Crippen LogP contribution < -0.4 is 10.5 Å². The van der Waals surface area contributed by atoms with E-state index in [1.165, 1.54) is 12.1 Å². The first-order valence-electron chi connectivity index (χ1n) is 4.97.